The lowest BCUT2D eigenvalue weighted by Crippen LogP contribution is -2.47. The Bertz CT molecular complexity index is 1380. The lowest BCUT2D eigenvalue weighted by molar-refractivity contribution is -0.137. The number of aliphatic hydroxyl groups excluding tert-OH is 1. The van der Waals surface area contributed by atoms with Crippen molar-refractivity contribution in [2.75, 3.05) is 56.6 Å². The number of halogens is 2. The van der Waals surface area contributed by atoms with Crippen molar-refractivity contribution in [3.63, 3.8) is 0 Å². The molecule has 2 aliphatic rings. The molecule has 43 heavy (non-hydrogen) atoms. The monoisotopic (exact) mass is 633 g/mol. The summed E-state index contributed by atoms with van der Waals surface area (Å²) in [7, 11) is 1.37. The number of nitrogens with zero attached hydrogens (tertiary/aromatic N) is 6. The van der Waals surface area contributed by atoms with Gasteiger partial charge < -0.3 is 25.2 Å². The number of methoxy groups -OCH3 is 1. The zero-order valence-electron chi connectivity index (χ0n) is 24.3. The highest BCUT2D eigenvalue weighted by Gasteiger charge is 2.26. The van der Waals surface area contributed by atoms with Crippen LogP contribution in [0.25, 0.3) is 11.3 Å². The number of carboxylic acid groups (broad SMARTS) is 1. The fourth-order valence-corrected chi connectivity index (χ4v) is 6.85. The van der Waals surface area contributed by atoms with Gasteiger partial charge in [-0.2, -0.15) is 0 Å². The SMILES string of the molecule is COc1c(F)cc(-c2nc(NC(O)c3cnc(N4CCN(CCCC(=O)O)CC4)cn3)sc2CN2CCC[C@H]2C)cc1Cl. The second kappa shape index (κ2) is 14.1. The van der Waals surface area contributed by atoms with Crippen LogP contribution in [0.2, 0.25) is 5.02 Å². The van der Waals surface area contributed by atoms with Gasteiger partial charge in [-0.15, -0.1) is 11.3 Å². The van der Waals surface area contributed by atoms with Gasteiger partial charge in [0.25, 0.3) is 0 Å². The Kier molecular flexibility index (Phi) is 10.3. The van der Waals surface area contributed by atoms with Crippen LogP contribution in [0.5, 0.6) is 5.75 Å². The predicted molar refractivity (Wildman–Crippen MR) is 164 cm³/mol. The van der Waals surface area contributed by atoms with Crippen LogP contribution in [0, 0.1) is 5.82 Å². The molecule has 11 nitrogen and oxygen atoms in total. The molecule has 1 aromatic carbocycles. The average Bonchev–Trinajstić information content (AvgIpc) is 3.58. The largest absolute Gasteiger partial charge is 0.492 e. The van der Waals surface area contributed by atoms with Gasteiger partial charge in [-0.3, -0.25) is 19.6 Å². The van der Waals surface area contributed by atoms with Crippen molar-refractivity contribution in [3.05, 3.63) is 45.9 Å². The normalized spacial score (nSPS) is 18.6. The molecule has 2 atom stereocenters. The van der Waals surface area contributed by atoms with Crippen molar-refractivity contribution in [3.8, 4) is 17.0 Å². The summed E-state index contributed by atoms with van der Waals surface area (Å²) in [5.74, 6) is -0.624. The van der Waals surface area contributed by atoms with Gasteiger partial charge >= 0.3 is 5.97 Å². The number of aromatic nitrogens is 3. The van der Waals surface area contributed by atoms with Crippen molar-refractivity contribution >= 4 is 39.9 Å². The van der Waals surface area contributed by atoms with E-state index in [9.17, 15) is 14.3 Å². The van der Waals surface area contributed by atoms with Crippen LogP contribution >= 0.6 is 22.9 Å². The molecule has 232 valence electrons. The lowest BCUT2D eigenvalue weighted by Gasteiger charge is -2.35. The molecule has 2 saturated heterocycles. The van der Waals surface area contributed by atoms with Gasteiger partial charge in [0.1, 0.15) is 11.5 Å². The Morgan fingerprint density at radius 3 is 2.65 bits per heavy atom. The quantitative estimate of drug-likeness (QED) is 0.244. The fourth-order valence-electron chi connectivity index (χ4n) is 5.53. The van der Waals surface area contributed by atoms with E-state index in [0.717, 1.165) is 62.8 Å². The number of aliphatic carboxylic acids is 1. The number of ether oxygens (including phenoxy) is 1. The number of hydrogen-bond donors (Lipinski definition) is 3. The summed E-state index contributed by atoms with van der Waals surface area (Å²) >= 11 is 7.72. The van der Waals surface area contributed by atoms with E-state index >= 15 is 0 Å². The number of nitrogens with one attached hydrogen (secondary N) is 1. The summed E-state index contributed by atoms with van der Waals surface area (Å²) in [6, 6.07) is 3.45. The summed E-state index contributed by atoms with van der Waals surface area (Å²) in [6.07, 6.45) is 5.11. The van der Waals surface area contributed by atoms with E-state index in [2.05, 4.69) is 36.9 Å². The first-order valence-corrected chi connectivity index (χ1v) is 15.6. The summed E-state index contributed by atoms with van der Waals surface area (Å²) in [5, 5.41) is 23.5. The highest BCUT2D eigenvalue weighted by molar-refractivity contribution is 7.16. The van der Waals surface area contributed by atoms with Gasteiger partial charge in [0.15, 0.2) is 22.9 Å². The molecule has 0 spiro atoms. The van der Waals surface area contributed by atoms with Crippen molar-refractivity contribution in [2.45, 2.75) is 51.4 Å². The standard InChI is InChI=1S/C29H37ClFN7O4S/c1-18-5-3-8-38(18)17-23-26(19-13-20(30)27(42-2)21(31)14-19)34-29(43-23)35-28(41)22-15-33-24(16-32-22)37-11-9-36(10-12-37)7-4-6-25(39)40/h13-16,18,28,41H,3-12,17H2,1-2H3,(H,34,35)(H,39,40)/t18-,28?/m1/s1. The third-order valence-corrected chi connectivity index (χ3v) is 9.22. The Morgan fingerprint density at radius 2 is 2.02 bits per heavy atom. The van der Waals surface area contributed by atoms with Gasteiger partial charge in [0.2, 0.25) is 0 Å². The maximum Gasteiger partial charge on any atom is 0.303 e. The number of thiazole rings is 1. The minimum absolute atomic E-state index is 0.0104. The Balaban J connectivity index is 1.27. The van der Waals surface area contributed by atoms with E-state index in [4.69, 9.17) is 26.4 Å². The summed E-state index contributed by atoms with van der Waals surface area (Å²) in [4.78, 5) is 32.2. The molecule has 2 fully saturated rings. The molecule has 3 N–H and O–H groups in total. The average molecular weight is 634 g/mol. The second-order valence-electron chi connectivity index (χ2n) is 10.9. The van der Waals surface area contributed by atoms with Crippen LogP contribution in [-0.2, 0) is 11.3 Å². The third kappa shape index (κ3) is 7.71. The lowest BCUT2D eigenvalue weighted by atomic mass is 10.1. The molecule has 0 saturated carbocycles. The van der Waals surface area contributed by atoms with E-state index in [0.29, 0.717) is 41.1 Å². The molecule has 0 amide bonds. The number of hydrogen-bond acceptors (Lipinski definition) is 11. The minimum Gasteiger partial charge on any atom is -0.492 e. The van der Waals surface area contributed by atoms with E-state index < -0.39 is 18.0 Å². The summed E-state index contributed by atoms with van der Waals surface area (Å²) in [5.41, 5.74) is 1.49. The van der Waals surface area contributed by atoms with Crippen LogP contribution in [0.4, 0.5) is 15.3 Å². The van der Waals surface area contributed by atoms with Gasteiger partial charge in [-0.05, 0) is 51.4 Å². The summed E-state index contributed by atoms with van der Waals surface area (Å²) < 4.78 is 19.8. The Labute approximate surface area is 259 Å². The molecule has 2 aromatic heterocycles. The Hall–Kier alpha value is -3.10. The molecule has 1 unspecified atom stereocenters. The first-order chi connectivity index (χ1) is 20.7. The highest BCUT2D eigenvalue weighted by Crippen LogP contribution is 2.39. The van der Waals surface area contributed by atoms with Crippen molar-refractivity contribution in [1.29, 1.82) is 0 Å². The predicted octanol–water partition coefficient (Wildman–Crippen LogP) is 4.48. The van der Waals surface area contributed by atoms with Gasteiger partial charge in [0.05, 0.1) is 30.2 Å². The molecular weight excluding hydrogens is 597 g/mol. The zero-order valence-corrected chi connectivity index (χ0v) is 25.9. The molecule has 2 aliphatic heterocycles. The van der Waals surface area contributed by atoms with Gasteiger partial charge in [0, 0.05) is 55.6 Å². The van der Waals surface area contributed by atoms with E-state index in [-0.39, 0.29) is 17.2 Å². The number of anilines is 2. The smallest absolute Gasteiger partial charge is 0.303 e. The van der Waals surface area contributed by atoms with E-state index in [1.54, 1.807) is 18.5 Å². The fraction of sp³-hybridized carbons (Fsp3) is 0.517. The van der Waals surface area contributed by atoms with Crippen LogP contribution in [0.1, 0.15) is 49.4 Å². The molecule has 0 aliphatic carbocycles. The number of piperazine rings is 1. The number of aliphatic hydroxyl groups is 1. The maximum absolute atomic E-state index is 14.8. The highest BCUT2D eigenvalue weighted by atomic mass is 35.5. The van der Waals surface area contributed by atoms with Crippen molar-refractivity contribution in [1.82, 2.24) is 24.8 Å². The molecular formula is C29H37ClFN7O4S. The number of likely N-dealkylation sites (tertiary alicyclic amines) is 1. The molecule has 5 rings (SSSR count). The van der Waals surface area contributed by atoms with Crippen molar-refractivity contribution in [2.24, 2.45) is 0 Å². The number of carboxylic acids is 1. The van der Waals surface area contributed by atoms with Crippen molar-refractivity contribution < 1.29 is 24.1 Å². The topological polar surface area (TPSA) is 127 Å². The van der Waals surface area contributed by atoms with Crippen LogP contribution < -0.4 is 15.0 Å². The van der Waals surface area contributed by atoms with Gasteiger partial charge in [-0.25, -0.2) is 14.4 Å². The third-order valence-electron chi connectivity index (χ3n) is 7.97. The van der Waals surface area contributed by atoms with Gasteiger partial charge in [-0.1, -0.05) is 11.6 Å². The number of benzene rings is 1. The summed E-state index contributed by atoms with van der Waals surface area (Å²) in [6.45, 7) is 7.76. The number of rotatable bonds is 12. The van der Waals surface area contributed by atoms with Crippen LogP contribution in [-0.4, -0.2) is 93.4 Å². The van der Waals surface area contributed by atoms with Crippen LogP contribution in [0.3, 0.4) is 0 Å². The maximum atomic E-state index is 14.8. The molecule has 14 heteroatoms. The molecule has 3 aromatic rings. The van der Waals surface area contributed by atoms with E-state index in [1.165, 1.54) is 24.5 Å². The number of carbonyl (C=O) groups is 1. The minimum atomic E-state index is -1.15. The second-order valence-corrected chi connectivity index (χ2v) is 12.4. The molecule has 0 bridgehead atoms. The van der Waals surface area contributed by atoms with Crippen LogP contribution in [0.15, 0.2) is 24.5 Å². The molecule has 0 radical (unpaired) electrons. The molecule has 4 heterocycles. The first kappa shape index (κ1) is 31.3. The first-order valence-electron chi connectivity index (χ1n) is 14.4. The zero-order chi connectivity index (χ0) is 30.5. The Morgan fingerprint density at radius 1 is 1.23 bits per heavy atom. The van der Waals surface area contributed by atoms with E-state index in [1.807, 2.05) is 0 Å².